The lowest BCUT2D eigenvalue weighted by Gasteiger charge is -2.11. The van der Waals surface area contributed by atoms with Crippen LogP contribution in [0, 0.1) is 27.7 Å². The van der Waals surface area contributed by atoms with Gasteiger partial charge in [-0.2, -0.15) is 0 Å². The number of hydrogen-bond acceptors (Lipinski definition) is 2. The Balaban J connectivity index is 2.13. The summed E-state index contributed by atoms with van der Waals surface area (Å²) in [7, 11) is 0. The molecule has 0 aliphatic rings. The molecule has 0 amide bonds. The zero-order valence-corrected chi connectivity index (χ0v) is 14.4. The van der Waals surface area contributed by atoms with E-state index in [1.54, 1.807) is 0 Å². The Morgan fingerprint density at radius 2 is 1.62 bits per heavy atom. The number of benzene rings is 2. The predicted octanol–water partition coefficient (Wildman–Crippen LogP) is 4.94. The van der Waals surface area contributed by atoms with Crippen molar-refractivity contribution in [2.45, 2.75) is 27.7 Å². The van der Waals surface area contributed by atoms with Gasteiger partial charge in [-0.3, -0.25) is 4.79 Å². The molecule has 0 heterocycles. The van der Waals surface area contributed by atoms with Crippen LogP contribution in [0.25, 0.3) is 0 Å². The van der Waals surface area contributed by atoms with E-state index in [0.717, 1.165) is 32.5 Å². The fourth-order valence-electron chi connectivity index (χ4n) is 2.26. The van der Waals surface area contributed by atoms with Gasteiger partial charge in [0.2, 0.25) is 0 Å². The van der Waals surface area contributed by atoms with Crippen molar-refractivity contribution in [2.24, 2.45) is 0 Å². The Hall–Kier alpha value is -1.61. The van der Waals surface area contributed by atoms with Gasteiger partial charge in [-0.05, 0) is 74.2 Å². The molecule has 0 spiro atoms. The molecule has 0 bridgehead atoms. The third kappa shape index (κ3) is 3.73. The van der Waals surface area contributed by atoms with E-state index in [4.69, 9.17) is 4.74 Å². The molecule has 0 unspecified atom stereocenters. The van der Waals surface area contributed by atoms with E-state index in [-0.39, 0.29) is 12.4 Å². The van der Waals surface area contributed by atoms with E-state index < -0.39 is 0 Å². The molecule has 0 aliphatic heterocycles. The molecular formula is C18H19BrO2. The third-order valence-electron chi connectivity index (χ3n) is 3.64. The maximum absolute atomic E-state index is 12.3. The van der Waals surface area contributed by atoms with Crippen LogP contribution in [-0.2, 0) is 0 Å². The molecular weight excluding hydrogens is 328 g/mol. The van der Waals surface area contributed by atoms with E-state index in [9.17, 15) is 4.79 Å². The molecule has 0 aromatic heterocycles. The summed E-state index contributed by atoms with van der Waals surface area (Å²) in [5.41, 5.74) is 5.08. The van der Waals surface area contributed by atoms with Gasteiger partial charge >= 0.3 is 0 Å². The van der Waals surface area contributed by atoms with Crippen molar-refractivity contribution in [3.63, 3.8) is 0 Å². The zero-order chi connectivity index (χ0) is 15.6. The number of aryl methyl sites for hydroxylation is 4. The maximum Gasteiger partial charge on any atom is 0.200 e. The standard InChI is InChI=1S/C18H19BrO2/c1-11-7-13(3)16(9-12(11)2)17(20)10-21-18-6-5-15(19)8-14(18)4/h5-9H,10H2,1-4H3. The minimum absolute atomic E-state index is 0.0120. The first kappa shape index (κ1) is 15.8. The first-order valence-corrected chi connectivity index (χ1v) is 7.68. The van der Waals surface area contributed by atoms with Crippen molar-refractivity contribution in [2.75, 3.05) is 6.61 Å². The van der Waals surface area contributed by atoms with Gasteiger partial charge in [-0.15, -0.1) is 0 Å². The molecule has 0 fully saturated rings. The summed E-state index contributed by atoms with van der Waals surface area (Å²) in [6.45, 7) is 8.06. The van der Waals surface area contributed by atoms with Crippen molar-refractivity contribution in [1.82, 2.24) is 0 Å². The largest absolute Gasteiger partial charge is 0.485 e. The van der Waals surface area contributed by atoms with Gasteiger partial charge in [0.1, 0.15) is 5.75 Å². The fourth-order valence-corrected chi connectivity index (χ4v) is 2.73. The van der Waals surface area contributed by atoms with Gasteiger partial charge < -0.3 is 4.74 Å². The Morgan fingerprint density at radius 1 is 0.952 bits per heavy atom. The summed E-state index contributed by atoms with van der Waals surface area (Å²) in [4.78, 5) is 12.3. The second kappa shape index (κ2) is 6.44. The average Bonchev–Trinajstić information content (AvgIpc) is 2.41. The molecule has 0 N–H and O–H groups in total. The highest BCUT2D eigenvalue weighted by atomic mass is 79.9. The smallest absolute Gasteiger partial charge is 0.200 e. The average molecular weight is 347 g/mol. The summed E-state index contributed by atoms with van der Waals surface area (Å²) < 4.78 is 6.67. The molecule has 3 heteroatoms. The quantitative estimate of drug-likeness (QED) is 0.732. The molecule has 0 atom stereocenters. The van der Waals surface area contributed by atoms with Gasteiger partial charge in [0.15, 0.2) is 12.4 Å². The first-order valence-electron chi connectivity index (χ1n) is 6.88. The van der Waals surface area contributed by atoms with Crippen LogP contribution in [0.5, 0.6) is 5.75 Å². The maximum atomic E-state index is 12.3. The van der Waals surface area contributed by atoms with Gasteiger partial charge in [0.25, 0.3) is 0 Å². The van der Waals surface area contributed by atoms with Crippen LogP contribution in [0.15, 0.2) is 34.8 Å². The lowest BCUT2D eigenvalue weighted by atomic mass is 9.98. The van der Waals surface area contributed by atoms with Crippen LogP contribution < -0.4 is 4.74 Å². The minimum atomic E-state index is 0.0120. The Kier molecular flexibility index (Phi) is 4.84. The van der Waals surface area contributed by atoms with Gasteiger partial charge in [0.05, 0.1) is 0 Å². The Labute approximate surface area is 134 Å². The van der Waals surface area contributed by atoms with Gasteiger partial charge in [-0.25, -0.2) is 0 Å². The van der Waals surface area contributed by atoms with Crippen molar-refractivity contribution in [1.29, 1.82) is 0 Å². The zero-order valence-electron chi connectivity index (χ0n) is 12.8. The number of carbonyl (C=O) groups excluding carboxylic acids is 1. The van der Waals surface area contributed by atoms with Gasteiger partial charge in [-0.1, -0.05) is 22.0 Å². The van der Waals surface area contributed by atoms with Gasteiger partial charge in [0, 0.05) is 10.0 Å². The molecule has 0 radical (unpaired) electrons. The summed E-state index contributed by atoms with van der Waals surface area (Å²) >= 11 is 3.41. The number of rotatable bonds is 4. The summed E-state index contributed by atoms with van der Waals surface area (Å²) in [6, 6.07) is 9.76. The normalized spacial score (nSPS) is 10.5. The number of ether oxygens (including phenoxy) is 1. The number of halogens is 1. The molecule has 110 valence electrons. The monoisotopic (exact) mass is 346 g/mol. The molecule has 2 aromatic rings. The van der Waals surface area contributed by atoms with Crippen molar-refractivity contribution < 1.29 is 9.53 Å². The van der Waals surface area contributed by atoms with Crippen LogP contribution in [0.2, 0.25) is 0 Å². The van der Waals surface area contributed by atoms with Crippen LogP contribution in [0.3, 0.4) is 0 Å². The molecule has 2 aromatic carbocycles. The van der Waals surface area contributed by atoms with E-state index in [0.29, 0.717) is 0 Å². The SMILES string of the molecule is Cc1cc(C)c(C(=O)COc2ccc(Br)cc2C)cc1C. The van der Waals surface area contributed by atoms with Crippen molar-refractivity contribution in [3.8, 4) is 5.75 Å². The van der Waals surface area contributed by atoms with Crippen molar-refractivity contribution in [3.05, 3.63) is 62.6 Å². The minimum Gasteiger partial charge on any atom is -0.485 e. The predicted molar refractivity (Wildman–Crippen MR) is 89.4 cm³/mol. The highest BCUT2D eigenvalue weighted by molar-refractivity contribution is 9.10. The highest BCUT2D eigenvalue weighted by Gasteiger charge is 2.12. The van der Waals surface area contributed by atoms with E-state index >= 15 is 0 Å². The highest BCUT2D eigenvalue weighted by Crippen LogP contribution is 2.23. The lowest BCUT2D eigenvalue weighted by molar-refractivity contribution is 0.0920. The molecule has 0 saturated carbocycles. The summed E-state index contributed by atoms with van der Waals surface area (Å²) in [5.74, 6) is 0.756. The molecule has 0 saturated heterocycles. The summed E-state index contributed by atoms with van der Waals surface area (Å²) in [6.07, 6.45) is 0. The number of hydrogen-bond donors (Lipinski definition) is 0. The van der Waals surface area contributed by atoms with E-state index in [1.165, 1.54) is 5.56 Å². The van der Waals surface area contributed by atoms with Crippen LogP contribution in [0.1, 0.15) is 32.6 Å². The first-order chi connectivity index (χ1) is 9.88. The second-order valence-corrected chi connectivity index (χ2v) is 6.29. The number of carbonyl (C=O) groups is 1. The third-order valence-corrected chi connectivity index (χ3v) is 4.13. The molecule has 21 heavy (non-hydrogen) atoms. The summed E-state index contributed by atoms with van der Waals surface area (Å²) in [5, 5.41) is 0. The topological polar surface area (TPSA) is 26.3 Å². The Bertz CT molecular complexity index is 690. The Morgan fingerprint density at radius 3 is 2.29 bits per heavy atom. The number of ketones is 1. The molecule has 2 rings (SSSR count). The lowest BCUT2D eigenvalue weighted by Crippen LogP contribution is -2.14. The van der Waals surface area contributed by atoms with Crippen LogP contribution in [0.4, 0.5) is 0 Å². The van der Waals surface area contributed by atoms with Crippen LogP contribution in [-0.4, -0.2) is 12.4 Å². The van der Waals surface area contributed by atoms with E-state index in [2.05, 4.69) is 22.9 Å². The molecule has 2 nitrogen and oxygen atoms in total. The van der Waals surface area contributed by atoms with E-state index in [1.807, 2.05) is 51.1 Å². The fraction of sp³-hybridized carbons (Fsp3) is 0.278. The molecule has 0 aliphatic carbocycles. The van der Waals surface area contributed by atoms with Crippen LogP contribution >= 0.6 is 15.9 Å². The second-order valence-electron chi connectivity index (χ2n) is 5.37. The number of Topliss-reactive ketones (excluding diaryl/α,β-unsaturated/α-hetero) is 1. The van der Waals surface area contributed by atoms with Crippen molar-refractivity contribution >= 4 is 21.7 Å².